The lowest BCUT2D eigenvalue weighted by Crippen LogP contribution is -2.52. The Bertz CT molecular complexity index is 215. The van der Waals surface area contributed by atoms with Crippen molar-refractivity contribution in [2.75, 3.05) is 0 Å². The monoisotopic (exact) mass is 170 g/mol. The summed E-state index contributed by atoms with van der Waals surface area (Å²) in [5.74, 6) is 1.56. The average molecular weight is 171 g/mol. The minimum absolute atomic E-state index is 0.301. The molecule has 0 unspecified atom stereocenters. The Labute approximate surface area is 73.6 Å². The van der Waals surface area contributed by atoms with Crippen LogP contribution in [0.1, 0.15) is 27.2 Å². The van der Waals surface area contributed by atoms with Crippen LogP contribution in [-0.2, 0) is 0 Å². The molecule has 0 aromatic heterocycles. The molecule has 0 amide bonds. The zero-order chi connectivity index (χ0) is 8.22. The van der Waals surface area contributed by atoms with Crippen LogP contribution in [0.15, 0.2) is 11.6 Å². The maximum absolute atomic E-state index is 6.21. The van der Waals surface area contributed by atoms with Gasteiger partial charge in [0.1, 0.15) is 0 Å². The van der Waals surface area contributed by atoms with E-state index in [1.165, 1.54) is 12.0 Å². The number of halogens is 1. The first-order chi connectivity index (χ1) is 5.03. The maximum Gasteiger partial charge on any atom is 0.0552 e. The molecule has 3 atom stereocenters. The van der Waals surface area contributed by atoms with Crippen LogP contribution >= 0.6 is 11.6 Å². The summed E-state index contributed by atoms with van der Waals surface area (Å²) in [6.45, 7) is 6.91. The molecular formula is C10H15Cl. The summed E-state index contributed by atoms with van der Waals surface area (Å²) in [5.41, 5.74) is 1.99. The summed E-state index contributed by atoms with van der Waals surface area (Å²) in [5, 5.41) is 0.301. The number of fused-ring (bicyclic) bond motifs is 1. The van der Waals surface area contributed by atoms with Gasteiger partial charge >= 0.3 is 0 Å². The molecule has 11 heavy (non-hydrogen) atoms. The normalized spacial score (nSPS) is 46.2. The highest BCUT2D eigenvalue weighted by atomic mass is 35.5. The fourth-order valence-corrected chi connectivity index (χ4v) is 3.38. The number of allylic oxidation sites excluding steroid dienone is 2. The molecule has 0 aromatic rings. The van der Waals surface area contributed by atoms with E-state index in [0.717, 1.165) is 11.8 Å². The predicted molar refractivity (Wildman–Crippen MR) is 48.8 cm³/mol. The lowest BCUT2D eigenvalue weighted by atomic mass is 9.49. The molecule has 0 saturated heterocycles. The van der Waals surface area contributed by atoms with Crippen LogP contribution < -0.4 is 0 Å². The summed E-state index contributed by atoms with van der Waals surface area (Å²) in [7, 11) is 0. The summed E-state index contributed by atoms with van der Waals surface area (Å²) in [6, 6.07) is 0. The molecular weight excluding hydrogens is 156 g/mol. The van der Waals surface area contributed by atoms with Crippen molar-refractivity contribution in [1.29, 1.82) is 0 Å². The van der Waals surface area contributed by atoms with Crippen LogP contribution in [0.4, 0.5) is 0 Å². The van der Waals surface area contributed by atoms with E-state index >= 15 is 0 Å². The summed E-state index contributed by atoms with van der Waals surface area (Å²) in [4.78, 5) is 0. The van der Waals surface area contributed by atoms with Crippen LogP contribution in [0.3, 0.4) is 0 Å². The minimum Gasteiger partial charge on any atom is -0.118 e. The van der Waals surface area contributed by atoms with Gasteiger partial charge in [0, 0.05) is 0 Å². The Morgan fingerprint density at radius 3 is 2.55 bits per heavy atom. The second-order valence-electron chi connectivity index (χ2n) is 4.57. The second-order valence-corrected chi connectivity index (χ2v) is 5.08. The van der Waals surface area contributed by atoms with E-state index in [1.807, 2.05) is 0 Å². The van der Waals surface area contributed by atoms with Gasteiger partial charge < -0.3 is 0 Å². The molecule has 1 fully saturated rings. The van der Waals surface area contributed by atoms with Gasteiger partial charge in [-0.1, -0.05) is 25.5 Å². The molecule has 3 rings (SSSR count). The standard InChI is InChI=1S/C10H15Cl/c1-6-4-9(11)8-5-7(6)10(8,2)3/h4,7-9H,5H2,1-3H3/t7-,8+,9-/m1/s1. The van der Waals surface area contributed by atoms with Crippen molar-refractivity contribution in [2.24, 2.45) is 17.3 Å². The average Bonchev–Trinajstić information content (AvgIpc) is 1.84. The minimum atomic E-state index is 0.301. The molecule has 1 saturated carbocycles. The van der Waals surface area contributed by atoms with E-state index < -0.39 is 0 Å². The van der Waals surface area contributed by atoms with E-state index in [9.17, 15) is 0 Å². The zero-order valence-electron chi connectivity index (χ0n) is 7.39. The summed E-state index contributed by atoms with van der Waals surface area (Å²) in [6.07, 6.45) is 3.56. The smallest absolute Gasteiger partial charge is 0.0552 e. The Morgan fingerprint density at radius 2 is 2.18 bits per heavy atom. The molecule has 0 aromatic carbocycles. The number of hydrogen-bond donors (Lipinski definition) is 0. The van der Waals surface area contributed by atoms with Crippen LogP contribution in [-0.4, -0.2) is 5.38 Å². The Morgan fingerprint density at radius 1 is 1.55 bits per heavy atom. The largest absolute Gasteiger partial charge is 0.118 e. The predicted octanol–water partition coefficient (Wildman–Crippen LogP) is 3.22. The first kappa shape index (κ1) is 7.67. The van der Waals surface area contributed by atoms with Gasteiger partial charge in [0.25, 0.3) is 0 Å². The molecule has 0 radical (unpaired) electrons. The Hall–Kier alpha value is 0.0300. The van der Waals surface area contributed by atoms with Crippen molar-refractivity contribution < 1.29 is 0 Å². The van der Waals surface area contributed by atoms with E-state index in [-0.39, 0.29) is 0 Å². The van der Waals surface area contributed by atoms with Crippen molar-refractivity contribution in [2.45, 2.75) is 32.6 Å². The molecule has 3 aliphatic carbocycles. The molecule has 1 heteroatoms. The summed E-state index contributed by atoms with van der Waals surface area (Å²) < 4.78 is 0. The molecule has 0 aliphatic heterocycles. The zero-order valence-corrected chi connectivity index (χ0v) is 8.15. The quantitative estimate of drug-likeness (QED) is 0.387. The van der Waals surface area contributed by atoms with Gasteiger partial charge in [-0.05, 0) is 30.6 Å². The molecule has 0 heterocycles. The number of rotatable bonds is 0. The van der Waals surface area contributed by atoms with Gasteiger partial charge in [-0.2, -0.15) is 0 Å². The molecule has 0 nitrogen and oxygen atoms in total. The van der Waals surface area contributed by atoms with Gasteiger partial charge in [-0.3, -0.25) is 0 Å². The third-order valence-corrected chi connectivity index (χ3v) is 4.13. The van der Waals surface area contributed by atoms with Gasteiger partial charge in [-0.15, -0.1) is 11.6 Å². The number of hydrogen-bond acceptors (Lipinski definition) is 0. The van der Waals surface area contributed by atoms with Crippen molar-refractivity contribution in [1.82, 2.24) is 0 Å². The maximum atomic E-state index is 6.21. The van der Waals surface area contributed by atoms with Gasteiger partial charge in [-0.25, -0.2) is 0 Å². The highest BCUT2D eigenvalue weighted by Crippen LogP contribution is 2.60. The first-order valence-corrected chi connectivity index (χ1v) is 4.79. The van der Waals surface area contributed by atoms with Crippen LogP contribution in [0, 0.1) is 17.3 Å². The van der Waals surface area contributed by atoms with Crippen molar-refractivity contribution in [3.63, 3.8) is 0 Å². The van der Waals surface area contributed by atoms with Crippen LogP contribution in [0.25, 0.3) is 0 Å². The molecule has 62 valence electrons. The molecule has 0 spiro atoms. The van der Waals surface area contributed by atoms with Crippen LogP contribution in [0.5, 0.6) is 0 Å². The van der Waals surface area contributed by atoms with E-state index in [2.05, 4.69) is 26.8 Å². The van der Waals surface area contributed by atoms with Crippen molar-refractivity contribution >= 4 is 11.6 Å². The van der Waals surface area contributed by atoms with Crippen molar-refractivity contribution in [3.05, 3.63) is 11.6 Å². The number of alkyl halides is 1. The Kier molecular flexibility index (Phi) is 1.42. The van der Waals surface area contributed by atoms with Gasteiger partial charge in [0.2, 0.25) is 0 Å². The van der Waals surface area contributed by atoms with E-state index in [0.29, 0.717) is 10.8 Å². The third-order valence-electron chi connectivity index (χ3n) is 3.70. The molecule has 2 bridgehead atoms. The Balaban J connectivity index is 2.34. The van der Waals surface area contributed by atoms with Crippen molar-refractivity contribution in [3.8, 4) is 0 Å². The fourth-order valence-electron chi connectivity index (χ4n) is 2.76. The van der Waals surface area contributed by atoms with E-state index in [4.69, 9.17) is 11.6 Å². The first-order valence-electron chi connectivity index (χ1n) is 4.36. The fraction of sp³-hybridized carbons (Fsp3) is 0.800. The second kappa shape index (κ2) is 2.04. The molecule has 0 N–H and O–H groups in total. The SMILES string of the molecule is CC1=C[C@@H](Cl)[C@@H]2C[C@H]1C2(C)C. The lowest BCUT2D eigenvalue weighted by Gasteiger charge is -2.57. The lowest BCUT2D eigenvalue weighted by molar-refractivity contribution is -0.00305. The van der Waals surface area contributed by atoms with Gasteiger partial charge in [0.05, 0.1) is 5.38 Å². The van der Waals surface area contributed by atoms with Crippen LogP contribution in [0.2, 0.25) is 0 Å². The highest BCUT2D eigenvalue weighted by Gasteiger charge is 2.53. The third kappa shape index (κ3) is 0.823. The van der Waals surface area contributed by atoms with Gasteiger partial charge in [0.15, 0.2) is 0 Å². The summed E-state index contributed by atoms with van der Waals surface area (Å²) >= 11 is 6.21. The van der Waals surface area contributed by atoms with E-state index in [1.54, 1.807) is 0 Å². The topological polar surface area (TPSA) is 0 Å². The highest BCUT2D eigenvalue weighted by molar-refractivity contribution is 6.22. The molecule has 3 aliphatic rings.